The average molecular weight is 247 g/mol. The third-order valence-corrected chi connectivity index (χ3v) is 2.48. The third kappa shape index (κ3) is 2.69. The highest BCUT2D eigenvalue weighted by molar-refractivity contribution is 5.34. The van der Waals surface area contributed by atoms with E-state index >= 15 is 0 Å². The van der Waals surface area contributed by atoms with Crippen LogP contribution in [0.1, 0.15) is 11.4 Å². The van der Waals surface area contributed by atoms with Gasteiger partial charge in [0.2, 0.25) is 0 Å². The molecule has 0 bridgehead atoms. The summed E-state index contributed by atoms with van der Waals surface area (Å²) in [5.41, 5.74) is 0.912. The summed E-state index contributed by atoms with van der Waals surface area (Å²) in [6, 6.07) is 6.52. The molecule has 0 unspecified atom stereocenters. The number of nitro benzene ring substituents is 1. The summed E-state index contributed by atoms with van der Waals surface area (Å²) in [6.07, 6.45) is 1.48. The Labute approximate surface area is 104 Å². The van der Waals surface area contributed by atoms with Gasteiger partial charge in [0.05, 0.1) is 18.0 Å². The summed E-state index contributed by atoms with van der Waals surface area (Å²) in [5, 5.41) is 17.8. The lowest BCUT2D eigenvalue weighted by Crippen LogP contribution is -2.14. The van der Waals surface area contributed by atoms with Crippen molar-refractivity contribution in [3.8, 4) is 0 Å². The van der Waals surface area contributed by atoms with Crippen LogP contribution < -0.4 is 5.32 Å². The van der Waals surface area contributed by atoms with Gasteiger partial charge in [-0.25, -0.2) is 9.67 Å². The number of rotatable bonds is 5. The number of nitrogens with zero attached hydrogens (tertiary/aromatic N) is 4. The number of benzene rings is 1. The summed E-state index contributed by atoms with van der Waals surface area (Å²) >= 11 is 0. The molecule has 7 heteroatoms. The van der Waals surface area contributed by atoms with Crippen molar-refractivity contribution in [1.29, 1.82) is 0 Å². The lowest BCUT2D eigenvalue weighted by atomic mass is 10.2. The zero-order valence-corrected chi connectivity index (χ0v) is 9.91. The number of hydrogen-bond donors (Lipinski definition) is 1. The first-order valence-corrected chi connectivity index (χ1v) is 5.45. The lowest BCUT2D eigenvalue weighted by Gasteiger charge is -2.05. The van der Waals surface area contributed by atoms with E-state index in [4.69, 9.17) is 0 Å². The van der Waals surface area contributed by atoms with Crippen LogP contribution in [0, 0.1) is 10.1 Å². The van der Waals surface area contributed by atoms with Crippen molar-refractivity contribution >= 4 is 5.69 Å². The standard InChI is InChI=1S/C11H13N5O2/c1-12-6-11-13-8-14-15(11)7-9-3-2-4-10(5-9)16(17)18/h2-5,8,12H,6-7H2,1H3. The van der Waals surface area contributed by atoms with Crippen molar-refractivity contribution < 1.29 is 4.92 Å². The molecule has 1 heterocycles. The van der Waals surface area contributed by atoms with Gasteiger partial charge in [-0.2, -0.15) is 5.10 Å². The molecular formula is C11H13N5O2. The Kier molecular flexibility index (Phi) is 3.63. The predicted molar refractivity (Wildman–Crippen MR) is 65.0 cm³/mol. The van der Waals surface area contributed by atoms with E-state index in [2.05, 4.69) is 15.4 Å². The Hall–Kier alpha value is -2.28. The van der Waals surface area contributed by atoms with Crippen molar-refractivity contribution in [3.05, 3.63) is 52.1 Å². The molecule has 94 valence electrons. The fourth-order valence-corrected chi connectivity index (χ4v) is 1.66. The maximum atomic E-state index is 10.7. The molecule has 1 N–H and O–H groups in total. The van der Waals surface area contributed by atoms with Gasteiger partial charge >= 0.3 is 0 Å². The van der Waals surface area contributed by atoms with E-state index in [0.29, 0.717) is 13.1 Å². The van der Waals surface area contributed by atoms with Crippen LogP contribution in [-0.4, -0.2) is 26.7 Å². The van der Waals surface area contributed by atoms with Crippen molar-refractivity contribution in [3.63, 3.8) is 0 Å². The predicted octanol–water partition coefficient (Wildman–Crippen LogP) is 0.954. The molecule has 0 spiro atoms. The van der Waals surface area contributed by atoms with Crippen LogP contribution in [0.4, 0.5) is 5.69 Å². The van der Waals surface area contributed by atoms with Gasteiger partial charge in [0, 0.05) is 12.1 Å². The molecule has 0 fully saturated rings. The highest BCUT2D eigenvalue weighted by atomic mass is 16.6. The second-order valence-electron chi connectivity index (χ2n) is 3.79. The molecule has 1 aromatic carbocycles. The summed E-state index contributed by atoms with van der Waals surface area (Å²) in [6.45, 7) is 1.08. The Balaban J connectivity index is 2.20. The van der Waals surface area contributed by atoms with Crippen molar-refractivity contribution in [2.45, 2.75) is 13.1 Å². The van der Waals surface area contributed by atoms with Gasteiger partial charge in [-0.15, -0.1) is 0 Å². The molecular weight excluding hydrogens is 234 g/mol. The molecule has 0 saturated heterocycles. The number of non-ortho nitro benzene ring substituents is 1. The van der Waals surface area contributed by atoms with Gasteiger partial charge in [-0.1, -0.05) is 12.1 Å². The maximum Gasteiger partial charge on any atom is 0.269 e. The van der Waals surface area contributed by atoms with Gasteiger partial charge in [-0.05, 0) is 12.6 Å². The van der Waals surface area contributed by atoms with Gasteiger partial charge in [-0.3, -0.25) is 10.1 Å². The Morgan fingerprint density at radius 2 is 2.33 bits per heavy atom. The monoisotopic (exact) mass is 247 g/mol. The second-order valence-corrected chi connectivity index (χ2v) is 3.79. The minimum Gasteiger partial charge on any atom is -0.313 e. The Morgan fingerprint density at radius 3 is 3.06 bits per heavy atom. The molecule has 0 amide bonds. The second kappa shape index (κ2) is 5.37. The topological polar surface area (TPSA) is 85.9 Å². The molecule has 0 aliphatic heterocycles. The fourth-order valence-electron chi connectivity index (χ4n) is 1.66. The number of nitro groups is 1. The molecule has 0 aliphatic carbocycles. The van der Waals surface area contributed by atoms with E-state index in [1.54, 1.807) is 16.8 Å². The Morgan fingerprint density at radius 1 is 1.50 bits per heavy atom. The van der Waals surface area contributed by atoms with Crippen molar-refractivity contribution in [2.24, 2.45) is 0 Å². The maximum absolute atomic E-state index is 10.7. The first kappa shape index (κ1) is 12.2. The summed E-state index contributed by atoms with van der Waals surface area (Å²) < 4.78 is 1.72. The first-order chi connectivity index (χ1) is 8.70. The van der Waals surface area contributed by atoms with Crippen LogP contribution >= 0.6 is 0 Å². The zero-order chi connectivity index (χ0) is 13.0. The van der Waals surface area contributed by atoms with E-state index in [9.17, 15) is 10.1 Å². The molecule has 1 aromatic heterocycles. The van der Waals surface area contributed by atoms with Crippen LogP contribution in [0.5, 0.6) is 0 Å². The van der Waals surface area contributed by atoms with Crippen molar-refractivity contribution in [1.82, 2.24) is 20.1 Å². The van der Waals surface area contributed by atoms with Crippen molar-refractivity contribution in [2.75, 3.05) is 7.05 Å². The van der Waals surface area contributed by atoms with E-state index < -0.39 is 4.92 Å². The van der Waals surface area contributed by atoms with Crippen LogP contribution in [-0.2, 0) is 13.1 Å². The van der Waals surface area contributed by atoms with E-state index in [0.717, 1.165) is 11.4 Å². The van der Waals surface area contributed by atoms with Gasteiger partial charge in [0.15, 0.2) is 0 Å². The zero-order valence-electron chi connectivity index (χ0n) is 9.91. The van der Waals surface area contributed by atoms with Gasteiger partial charge < -0.3 is 5.32 Å². The molecule has 0 radical (unpaired) electrons. The molecule has 0 atom stereocenters. The highest BCUT2D eigenvalue weighted by Gasteiger charge is 2.08. The molecule has 0 aliphatic rings. The summed E-state index contributed by atoms with van der Waals surface area (Å²) in [4.78, 5) is 14.4. The molecule has 18 heavy (non-hydrogen) atoms. The lowest BCUT2D eigenvalue weighted by molar-refractivity contribution is -0.384. The van der Waals surface area contributed by atoms with Crippen LogP contribution in [0.2, 0.25) is 0 Å². The molecule has 0 saturated carbocycles. The molecule has 7 nitrogen and oxygen atoms in total. The largest absolute Gasteiger partial charge is 0.313 e. The van der Waals surface area contributed by atoms with Gasteiger partial charge in [0.25, 0.3) is 5.69 Å². The molecule has 2 rings (SSSR count). The minimum atomic E-state index is -0.403. The number of nitrogens with one attached hydrogen (secondary N) is 1. The van der Waals surface area contributed by atoms with E-state index in [1.807, 2.05) is 13.1 Å². The fraction of sp³-hybridized carbons (Fsp3) is 0.273. The van der Waals surface area contributed by atoms with E-state index in [-0.39, 0.29) is 5.69 Å². The van der Waals surface area contributed by atoms with Crippen LogP contribution in [0.25, 0.3) is 0 Å². The van der Waals surface area contributed by atoms with Crippen LogP contribution in [0.15, 0.2) is 30.6 Å². The summed E-state index contributed by atoms with van der Waals surface area (Å²) in [5.74, 6) is 0.795. The minimum absolute atomic E-state index is 0.0859. The molecule has 2 aromatic rings. The normalized spacial score (nSPS) is 10.5. The third-order valence-electron chi connectivity index (χ3n) is 2.48. The first-order valence-electron chi connectivity index (χ1n) is 5.45. The highest BCUT2D eigenvalue weighted by Crippen LogP contribution is 2.14. The van der Waals surface area contributed by atoms with Gasteiger partial charge in [0.1, 0.15) is 12.2 Å². The SMILES string of the molecule is CNCc1ncnn1Cc1cccc([N+](=O)[O-])c1. The smallest absolute Gasteiger partial charge is 0.269 e. The Bertz CT molecular complexity index is 552. The number of hydrogen-bond acceptors (Lipinski definition) is 5. The van der Waals surface area contributed by atoms with E-state index in [1.165, 1.54) is 12.4 Å². The number of aromatic nitrogens is 3. The summed E-state index contributed by atoms with van der Waals surface area (Å²) in [7, 11) is 1.83. The average Bonchev–Trinajstić information content (AvgIpc) is 2.77. The quantitative estimate of drug-likeness (QED) is 0.628. The van der Waals surface area contributed by atoms with Crippen LogP contribution in [0.3, 0.4) is 0 Å².